The summed E-state index contributed by atoms with van der Waals surface area (Å²) in [6.45, 7) is 2.04. The summed E-state index contributed by atoms with van der Waals surface area (Å²) < 4.78 is 13.8. The van der Waals surface area contributed by atoms with E-state index in [-0.39, 0.29) is 29.5 Å². The molecule has 2 radical (unpaired) electrons. The van der Waals surface area contributed by atoms with Gasteiger partial charge in [0.2, 0.25) is 0 Å². The summed E-state index contributed by atoms with van der Waals surface area (Å²) in [4.78, 5) is 12.3. The Morgan fingerprint density at radius 2 is 2.04 bits per heavy atom. The quantitative estimate of drug-likeness (QED) is 0.868. The number of rotatable bonds is 3. The van der Waals surface area contributed by atoms with Gasteiger partial charge in [-0.25, -0.2) is 4.39 Å². The normalized spacial score (nSPS) is 24.6. The molecule has 0 aromatic heterocycles. The number of carbonyl (C=O) groups is 1. The lowest BCUT2D eigenvalue weighted by Crippen LogP contribution is -2.26. The van der Waals surface area contributed by atoms with Gasteiger partial charge in [-0.05, 0) is 29.3 Å². The van der Waals surface area contributed by atoms with Crippen molar-refractivity contribution in [2.45, 2.75) is 30.9 Å². The number of halogens is 1. The molecular formula is C18H16B2FNO. The minimum absolute atomic E-state index is 0.0327. The first-order valence-electron chi connectivity index (χ1n) is 8.01. The van der Waals surface area contributed by atoms with Gasteiger partial charge in [0, 0.05) is 11.5 Å². The van der Waals surface area contributed by atoms with E-state index in [0.717, 1.165) is 28.5 Å². The van der Waals surface area contributed by atoms with Crippen molar-refractivity contribution in [1.82, 2.24) is 5.32 Å². The zero-order valence-corrected chi connectivity index (χ0v) is 12.9. The van der Waals surface area contributed by atoms with Crippen molar-refractivity contribution in [1.29, 1.82) is 0 Å². The van der Waals surface area contributed by atoms with E-state index >= 15 is 0 Å². The van der Waals surface area contributed by atoms with Crippen LogP contribution in [-0.4, -0.2) is 20.5 Å². The molecule has 5 heteroatoms. The van der Waals surface area contributed by atoms with Crippen LogP contribution in [-0.2, 0) is 0 Å². The molecule has 3 atom stereocenters. The Hall–Kier alpha value is -2.03. The molecule has 0 bridgehead atoms. The lowest BCUT2D eigenvalue weighted by Gasteiger charge is -2.27. The molecule has 2 aliphatic heterocycles. The van der Waals surface area contributed by atoms with E-state index in [9.17, 15) is 9.18 Å². The number of nitrogens with one attached hydrogen (secondary N) is 1. The SMILES string of the molecule is C[B]CC1[B]c2ccc(F)cc2C1C1NC(=O)c2ccccc21. The molecule has 4 rings (SSSR count). The topological polar surface area (TPSA) is 29.1 Å². The van der Waals surface area contributed by atoms with Crippen LogP contribution in [0.2, 0.25) is 19.0 Å². The average Bonchev–Trinajstić information content (AvgIpc) is 3.06. The van der Waals surface area contributed by atoms with Crippen molar-refractivity contribution in [2.75, 3.05) is 0 Å². The Morgan fingerprint density at radius 1 is 1.22 bits per heavy atom. The Morgan fingerprint density at radius 3 is 2.87 bits per heavy atom. The second kappa shape index (κ2) is 5.55. The van der Waals surface area contributed by atoms with Crippen LogP contribution < -0.4 is 10.8 Å². The zero-order valence-electron chi connectivity index (χ0n) is 12.9. The van der Waals surface area contributed by atoms with E-state index in [0.29, 0.717) is 0 Å². The van der Waals surface area contributed by atoms with E-state index in [1.54, 1.807) is 6.07 Å². The second-order valence-corrected chi connectivity index (χ2v) is 6.31. The van der Waals surface area contributed by atoms with Gasteiger partial charge in [0.25, 0.3) is 5.91 Å². The molecule has 0 fully saturated rings. The van der Waals surface area contributed by atoms with E-state index in [4.69, 9.17) is 0 Å². The van der Waals surface area contributed by atoms with Crippen LogP contribution in [0.15, 0.2) is 42.5 Å². The third-order valence-electron chi connectivity index (χ3n) is 4.96. The minimum atomic E-state index is -0.221. The third-order valence-corrected chi connectivity index (χ3v) is 4.96. The Balaban J connectivity index is 1.80. The van der Waals surface area contributed by atoms with Gasteiger partial charge >= 0.3 is 0 Å². The molecule has 0 saturated heterocycles. The minimum Gasteiger partial charge on any atom is -0.345 e. The van der Waals surface area contributed by atoms with Crippen LogP contribution in [0.1, 0.15) is 33.4 Å². The first-order chi connectivity index (χ1) is 11.2. The summed E-state index contributed by atoms with van der Waals surface area (Å²) in [6.07, 6.45) is 0.912. The van der Waals surface area contributed by atoms with Gasteiger partial charge in [-0.15, -0.1) is 0 Å². The molecule has 1 N–H and O–H groups in total. The molecule has 2 aromatic carbocycles. The van der Waals surface area contributed by atoms with Crippen LogP contribution >= 0.6 is 0 Å². The van der Waals surface area contributed by atoms with E-state index < -0.39 is 0 Å². The number of carbonyl (C=O) groups excluding carboxylic acids is 1. The van der Waals surface area contributed by atoms with Crippen molar-refractivity contribution in [3.63, 3.8) is 0 Å². The largest absolute Gasteiger partial charge is 0.345 e. The molecule has 3 unspecified atom stereocenters. The number of fused-ring (bicyclic) bond motifs is 2. The van der Waals surface area contributed by atoms with E-state index in [1.807, 2.05) is 37.2 Å². The van der Waals surface area contributed by atoms with Gasteiger partial charge in [0.15, 0.2) is 7.28 Å². The number of hydrogen-bond acceptors (Lipinski definition) is 1. The second-order valence-electron chi connectivity index (χ2n) is 6.31. The smallest absolute Gasteiger partial charge is 0.252 e. The molecule has 0 spiro atoms. The van der Waals surface area contributed by atoms with Gasteiger partial charge in [0.1, 0.15) is 13.1 Å². The van der Waals surface area contributed by atoms with Crippen molar-refractivity contribution in [3.05, 3.63) is 65.0 Å². The maximum Gasteiger partial charge on any atom is 0.252 e. The first kappa shape index (κ1) is 14.6. The van der Waals surface area contributed by atoms with Crippen molar-refractivity contribution in [2.24, 2.45) is 0 Å². The molecule has 0 aliphatic carbocycles. The third kappa shape index (κ3) is 2.30. The van der Waals surface area contributed by atoms with Gasteiger partial charge in [-0.1, -0.05) is 48.7 Å². The first-order valence-corrected chi connectivity index (χ1v) is 8.01. The lowest BCUT2D eigenvalue weighted by molar-refractivity contribution is 0.0952. The molecule has 0 saturated carbocycles. The maximum absolute atomic E-state index is 13.8. The van der Waals surface area contributed by atoms with Gasteiger partial charge in [-0.2, -0.15) is 0 Å². The fraction of sp³-hybridized carbons (Fsp3) is 0.278. The highest BCUT2D eigenvalue weighted by Crippen LogP contribution is 2.47. The summed E-state index contributed by atoms with van der Waals surface area (Å²) in [5.74, 6) is 0.0910. The molecule has 2 aromatic rings. The summed E-state index contributed by atoms with van der Waals surface area (Å²) >= 11 is 0. The van der Waals surface area contributed by atoms with E-state index in [1.165, 1.54) is 6.07 Å². The van der Waals surface area contributed by atoms with Crippen molar-refractivity contribution >= 4 is 25.9 Å². The highest BCUT2D eigenvalue weighted by Gasteiger charge is 2.42. The summed E-state index contributed by atoms with van der Waals surface area (Å²) in [6, 6.07) is 12.6. The highest BCUT2D eigenvalue weighted by atomic mass is 19.1. The molecule has 1 amide bonds. The van der Waals surface area contributed by atoms with Gasteiger partial charge in [-0.3, -0.25) is 4.79 Å². The Bertz CT molecular complexity index is 779. The monoisotopic (exact) mass is 303 g/mol. The van der Waals surface area contributed by atoms with Crippen LogP contribution in [0.25, 0.3) is 0 Å². The number of benzene rings is 2. The maximum atomic E-state index is 13.8. The molecule has 2 nitrogen and oxygen atoms in total. The fourth-order valence-corrected chi connectivity index (χ4v) is 4.02. The number of hydrogen-bond donors (Lipinski definition) is 1. The van der Waals surface area contributed by atoms with Crippen LogP contribution in [0.3, 0.4) is 0 Å². The van der Waals surface area contributed by atoms with Crippen molar-refractivity contribution < 1.29 is 9.18 Å². The highest BCUT2D eigenvalue weighted by molar-refractivity contribution is 6.59. The lowest BCUT2D eigenvalue weighted by atomic mass is 9.53. The number of amides is 1. The van der Waals surface area contributed by atoms with Crippen molar-refractivity contribution in [3.8, 4) is 0 Å². The molecule has 112 valence electrons. The Labute approximate surface area is 137 Å². The van der Waals surface area contributed by atoms with Gasteiger partial charge in [0.05, 0.1) is 6.04 Å². The van der Waals surface area contributed by atoms with Gasteiger partial charge < -0.3 is 5.32 Å². The Kier molecular flexibility index (Phi) is 3.51. The summed E-state index contributed by atoms with van der Waals surface area (Å²) in [5.41, 5.74) is 3.84. The molecular weight excluding hydrogens is 287 g/mol. The molecule has 2 aliphatic rings. The fourth-order valence-electron chi connectivity index (χ4n) is 4.02. The zero-order chi connectivity index (χ0) is 16.0. The average molecular weight is 303 g/mol. The van der Waals surface area contributed by atoms with Crippen LogP contribution in [0, 0.1) is 5.82 Å². The van der Waals surface area contributed by atoms with Crippen LogP contribution in [0.4, 0.5) is 4.39 Å². The standard InChI is InChI=1S/C18H16B2FNO/c1-19-9-15-16(13-8-10(21)6-7-14(13)20-15)17-11-4-2-3-5-12(11)18(23)22-17/h2-8,15-17H,9H2,1H3,(H,22,23). The molecule has 23 heavy (non-hydrogen) atoms. The summed E-state index contributed by atoms with van der Waals surface area (Å²) in [5, 5.41) is 3.11. The van der Waals surface area contributed by atoms with E-state index in [2.05, 4.69) is 19.9 Å². The predicted molar refractivity (Wildman–Crippen MR) is 91.4 cm³/mol. The van der Waals surface area contributed by atoms with Crippen LogP contribution in [0.5, 0.6) is 0 Å². The summed E-state index contributed by atoms with van der Waals surface area (Å²) in [7, 11) is 4.35. The molecule has 2 heterocycles. The predicted octanol–water partition coefficient (Wildman–Crippen LogP) is 2.70.